The van der Waals surface area contributed by atoms with Gasteiger partial charge in [0.2, 0.25) is 11.8 Å². The fourth-order valence-corrected chi connectivity index (χ4v) is 0.636. The van der Waals surface area contributed by atoms with Gasteiger partial charge in [0, 0.05) is 12.8 Å². The average molecular weight is 232 g/mol. The molecule has 0 saturated heterocycles. The Morgan fingerprint density at radius 1 is 0.812 bits per heavy atom. The van der Waals surface area contributed by atoms with Crippen molar-refractivity contribution in [2.45, 2.75) is 12.8 Å². The van der Waals surface area contributed by atoms with E-state index in [1.54, 1.807) is 0 Å². The van der Waals surface area contributed by atoms with E-state index < -0.39 is 11.8 Å². The molecule has 10 heteroatoms. The van der Waals surface area contributed by atoms with Gasteiger partial charge in [0.05, 0.1) is 0 Å². The van der Waals surface area contributed by atoms with Crippen LogP contribution in [0, 0.1) is 0 Å². The minimum atomic E-state index is -0.437. The molecule has 90 valence electrons. The summed E-state index contributed by atoms with van der Waals surface area (Å²) in [6.45, 7) is 0. The molecule has 0 saturated carbocycles. The highest BCUT2D eigenvalue weighted by Gasteiger charge is 2.06. The van der Waals surface area contributed by atoms with Crippen LogP contribution in [0.25, 0.3) is 0 Å². The summed E-state index contributed by atoms with van der Waals surface area (Å²) in [5, 5.41) is 4.40. The molecule has 0 spiro atoms. The molecule has 0 unspecified atom stereocenters. The molecule has 0 aromatic carbocycles. The first kappa shape index (κ1) is 13.5. The molecule has 0 bridgehead atoms. The van der Waals surface area contributed by atoms with Gasteiger partial charge in [-0.15, -0.1) is 0 Å². The number of carbonyl (C=O) groups excluding carboxylic acids is 2. The van der Waals surface area contributed by atoms with Crippen molar-refractivity contribution in [2.24, 2.45) is 22.9 Å². The number of rotatable bonds is 5. The first-order valence-corrected chi connectivity index (χ1v) is 4.27. The molecule has 0 aliphatic carbocycles. The third-order valence-corrected chi connectivity index (χ3v) is 1.27. The molecule has 0 rings (SSSR count). The van der Waals surface area contributed by atoms with E-state index in [2.05, 4.69) is 21.1 Å². The SMILES string of the molecule is NC(N)=[NH+]NC(=O)CCC(=O)N[NH+]=C(N)N. The van der Waals surface area contributed by atoms with Gasteiger partial charge in [0.25, 0.3) is 0 Å². The van der Waals surface area contributed by atoms with Crippen molar-refractivity contribution in [2.75, 3.05) is 0 Å². The zero-order chi connectivity index (χ0) is 12.6. The van der Waals surface area contributed by atoms with E-state index in [1.165, 1.54) is 0 Å². The summed E-state index contributed by atoms with van der Waals surface area (Å²) in [4.78, 5) is 22.1. The van der Waals surface area contributed by atoms with Crippen LogP contribution in [0.15, 0.2) is 0 Å². The first-order valence-electron chi connectivity index (χ1n) is 4.27. The lowest BCUT2D eigenvalue weighted by Gasteiger charge is -1.98. The summed E-state index contributed by atoms with van der Waals surface area (Å²) in [7, 11) is 0. The molecule has 0 heterocycles. The predicted octanol–water partition coefficient (Wildman–Crippen LogP) is -7.46. The number of amides is 2. The van der Waals surface area contributed by atoms with Crippen LogP contribution in [0.2, 0.25) is 0 Å². The molecule has 0 atom stereocenters. The van der Waals surface area contributed by atoms with Crippen LogP contribution < -0.4 is 44.0 Å². The van der Waals surface area contributed by atoms with Crippen molar-refractivity contribution in [3.8, 4) is 0 Å². The monoisotopic (exact) mass is 232 g/mol. The number of hydrogen-bond donors (Lipinski definition) is 8. The lowest BCUT2D eigenvalue weighted by atomic mass is 10.3. The molecule has 0 aliphatic rings. The summed E-state index contributed by atoms with van der Waals surface area (Å²) < 4.78 is 0. The number of guanidine groups is 2. The van der Waals surface area contributed by atoms with E-state index in [-0.39, 0.29) is 24.8 Å². The number of carbonyl (C=O) groups is 2. The molecular weight excluding hydrogens is 216 g/mol. The summed E-state index contributed by atoms with van der Waals surface area (Å²) in [5.74, 6) is -1.17. The maximum atomic E-state index is 11.0. The molecule has 10 nitrogen and oxygen atoms in total. The second-order valence-corrected chi connectivity index (χ2v) is 2.76. The Morgan fingerprint density at radius 3 is 1.38 bits per heavy atom. The average Bonchev–Trinajstić information content (AvgIpc) is 2.20. The molecule has 12 N–H and O–H groups in total. The smallest absolute Gasteiger partial charge is 0.289 e. The number of nitrogens with one attached hydrogen (secondary N) is 4. The molecule has 0 aromatic rings. The quantitative estimate of drug-likeness (QED) is 0.132. The highest BCUT2D eigenvalue weighted by atomic mass is 16.2. The Kier molecular flexibility index (Phi) is 5.78. The standard InChI is InChI=1S/C6H14N8O2/c7-5(8)13-11-3(15)1-2-4(16)12-14-6(9)10/h1-2H2,(H,11,15)(H,12,16)(H4,7,8,13)(H4,9,10,14)/p+2. The lowest BCUT2D eigenvalue weighted by molar-refractivity contribution is -0.514. The zero-order valence-corrected chi connectivity index (χ0v) is 8.54. The van der Waals surface area contributed by atoms with Gasteiger partial charge in [-0.1, -0.05) is 0 Å². The molecule has 0 aromatic heterocycles. The number of hydrazine groups is 2. The first-order chi connectivity index (χ1) is 7.41. The summed E-state index contributed by atoms with van der Waals surface area (Å²) >= 11 is 0. The third kappa shape index (κ3) is 8.10. The van der Waals surface area contributed by atoms with Gasteiger partial charge in [-0.3, -0.25) is 32.5 Å². The Labute approximate surface area is 91.1 Å². The normalized spacial score (nSPS) is 8.75. The Hall–Kier alpha value is -2.52. The van der Waals surface area contributed by atoms with Crippen LogP contribution in [0.3, 0.4) is 0 Å². The van der Waals surface area contributed by atoms with Crippen LogP contribution in [0.1, 0.15) is 12.8 Å². The fraction of sp³-hybridized carbons (Fsp3) is 0.333. The highest BCUT2D eigenvalue weighted by molar-refractivity contribution is 5.83. The van der Waals surface area contributed by atoms with Gasteiger partial charge in [-0.25, -0.2) is 10.9 Å². The van der Waals surface area contributed by atoms with Crippen LogP contribution in [-0.2, 0) is 9.59 Å². The van der Waals surface area contributed by atoms with Gasteiger partial charge >= 0.3 is 11.9 Å². The maximum absolute atomic E-state index is 11.0. The minimum absolute atomic E-state index is 0.0434. The zero-order valence-electron chi connectivity index (χ0n) is 8.54. The van der Waals surface area contributed by atoms with Crippen LogP contribution >= 0.6 is 0 Å². The number of hydrazone groups is 2. The van der Waals surface area contributed by atoms with E-state index in [4.69, 9.17) is 22.9 Å². The van der Waals surface area contributed by atoms with E-state index in [0.29, 0.717) is 0 Å². The van der Waals surface area contributed by atoms with Gasteiger partial charge in [-0.2, -0.15) is 10.2 Å². The topological polar surface area (TPSA) is 190 Å². The lowest BCUT2D eigenvalue weighted by Crippen LogP contribution is -2.88. The molecule has 16 heavy (non-hydrogen) atoms. The van der Waals surface area contributed by atoms with E-state index >= 15 is 0 Å². The Morgan fingerprint density at radius 2 is 1.12 bits per heavy atom. The predicted molar refractivity (Wildman–Crippen MR) is 54.2 cm³/mol. The van der Waals surface area contributed by atoms with E-state index in [1.807, 2.05) is 0 Å². The third-order valence-electron chi connectivity index (χ3n) is 1.27. The van der Waals surface area contributed by atoms with Crippen molar-refractivity contribution in [1.82, 2.24) is 10.9 Å². The highest BCUT2D eigenvalue weighted by Crippen LogP contribution is 1.85. The van der Waals surface area contributed by atoms with Crippen molar-refractivity contribution >= 4 is 23.7 Å². The van der Waals surface area contributed by atoms with Crippen molar-refractivity contribution in [3.63, 3.8) is 0 Å². The second-order valence-electron chi connectivity index (χ2n) is 2.76. The molecular formula is C6H16N8O2+2. The minimum Gasteiger partial charge on any atom is -0.289 e. The van der Waals surface area contributed by atoms with Crippen LogP contribution in [0.5, 0.6) is 0 Å². The van der Waals surface area contributed by atoms with Crippen molar-refractivity contribution in [1.29, 1.82) is 0 Å². The molecule has 0 radical (unpaired) electrons. The fourth-order valence-electron chi connectivity index (χ4n) is 0.636. The van der Waals surface area contributed by atoms with E-state index in [0.717, 1.165) is 0 Å². The molecule has 0 aliphatic heterocycles. The van der Waals surface area contributed by atoms with Crippen LogP contribution in [0.4, 0.5) is 0 Å². The summed E-state index contributed by atoms with van der Waals surface area (Å²) in [6.07, 6.45) is -0.0868. The van der Waals surface area contributed by atoms with Crippen molar-refractivity contribution in [3.05, 3.63) is 0 Å². The largest absolute Gasteiger partial charge is 0.360 e. The van der Waals surface area contributed by atoms with Gasteiger partial charge in [0.1, 0.15) is 0 Å². The molecule has 2 amide bonds. The number of hydrogen-bond acceptors (Lipinski definition) is 2. The second kappa shape index (κ2) is 6.86. The van der Waals surface area contributed by atoms with Gasteiger partial charge < -0.3 is 0 Å². The number of nitrogens with two attached hydrogens (primary N) is 4. The summed E-state index contributed by atoms with van der Waals surface area (Å²) in [6, 6.07) is 0. The Bertz CT molecular complexity index is 282. The molecule has 0 fully saturated rings. The van der Waals surface area contributed by atoms with Crippen LogP contribution in [-0.4, -0.2) is 23.7 Å². The van der Waals surface area contributed by atoms with Gasteiger partial charge in [0.15, 0.2) is 0 Å². The maximum Gasteiger partial charge on any atom is 0.360 e. The summed E-state index contributed by atoms with van der Waals surface area (Å²) in [5.41, 5.74) is 24.4. The van der Waals surface area contributed by atoms with E-state index in [9.17, 15) is 9.59 Å². The Balaban J connectivity index is 3.80. The van der Waals surface area contributed by atoms with Crippen molar-refractivity contribution < 1.29 is 19.8 Å². The van der Waals surface area contributed by atoms with Gasteiger partial charge in [-0.05, 0) is 0 Å².